The number of hydrogen-bond donors (Lipinski definition) is 2. The lowest BCUT2D eigenvalue weighted by Gasteiger charge is -2.14. The molecule has 0 aromatic carbocycles. The smallest absolute Gasteiger partial charge is 0.0794 e. The van der Waals surface area contributed by atoms with E-state index in [0.717, 1.165) is 25.0 Å². The van der Waals surface area contributed by atoms with Crippen LogP contribution in [-0.2, 0) is 12.8 Å². The predicted molar refractivity (Wildman–Crippen MR) is 69.5 cm³/mol. The van der Waals surface area contributed by atoms with E-state index in [1.807, 2.05) is 36.1 Å². The molecule has 0 amide bonds. The van der Waals surface area contributed by atoms with E-state index in [-0.39, 0.29) is 6.04 Å². The Bertz CT molecular complexity index is 415. The van der Waals surface area contributed by atoms with Gasteiger partial charge in [0, 0.05) is 35.4 Å². The fourth-order valence-electron chi connectivity index (χ4n) is 1.70. The molecule has 0 aliphatic rings. The quantitative estimate of drug-likeness (QED) is 0.601. The van der Waals surface area contributed by atoms with Crippen LogP contribution in [-0.4, -0.2) is 16.0 Å². The van der Waals surface area contributed by atoms with Crippen LogP contribution in [0.2, 0.25) is 0 Å². The summed E-state index contributed by atoms with van der Waals surface area (Å²) in [6, 6.07) is 6.26. The van der Waals surface area contributed by atoms with Gasteiger partial charge in [0.2, 0.25) is 0 Å². The first kappa shape index (κ1) is 12.2. The Morgan fingerprint density at radius 3 is 3.00 bits per heavy atom. The molecular weight excluding hydrogens is 232 g/mol. The molecule has 17 heavy (non-hydrogen) atoms. The number of aromatic nitrogens is 2. The molecule has 0 aliphatic carbocycles. The number of rotatable bonds is 6. The minimum absolute atomic E-state index is 0.275. The summed E-state index contributed by atoms with van der Waals surface area (Å²) >= 11 is 1.67. The highest BCUT2D eigenvalue weighted by Crippen LogP contribution is 2.11. The van der Waals surface area contributed by atoms with Crippen molar-refractivity contribution in [3.05, 3.63) is 46.7 Å². The van der Waals surface area contributed by atoms with Crippen LogP contribution in [0.15, 0.2) is 36.1 Å². The molecule has 4 nitrogen and oxygen atoms in total. The second kappa shape index (κ2) is 6.44. The van der Waals surface area contributed by atoms with Crippen LogP contribution in [0.25, 0.3) is 0 Å². The van der Waals surface area contributed by atoms with Gasteiger partial charge in [-0.05, 0) is 25.0 Å². The first-order valence-electron chi connectivity index (χ1n) is 5.62. The number of pyridine rings is 1. The molecule has 1 unspecified atom stereocenters. The average Bonchev–Trinajstić information content (AvgIpc) is 2.88. The maximum atomic E-state index is 5.57. The van der Waals surface area contributed by atoms with Crippen molar-refractivity contribution in [3.8, 4) is 0 Å². The fraction of sp³-hybridized carbons (Fsp3) is 0.333. The summed E-state index contributed by atoms with van der Waals surface area (Å²) in [6.45, 7) is 0. The van der Waals surface area contributed by atoms with E-state index in [0.29, 0.717) is 0 Å². The van der Waals surface area contributed by atoms with E-state index >= 15 is 0 Å². The van der Waals surface area contributed by atoms with E-state index in [9.17, 15) is 0 Å². The predicted octanol–water partition coefficient (Wildman–Crippen LogP) is 1.55. The third-order valence-corrected chi connectivity index (χ3v) is 3.44. The molecule has 0 radical (unpaired) electrons. The SMILES string of the molecule is NNC(CCc1ccccn1)Cc1cncs1. The Labute approximate surface area is 105 Å². The normalized spacial score (nSPS) is 12.5. The van der Waals surface area contributed by atoms with Crippen LogP contribution < -0.4 is 11.3 Å². The minimum Gasteiger partial charge on any atom is -0.271 e. The molecular formula is C12H16N4S. The van der Waals surface area contributed by atoms with Gasteiger partial charge in [0.15, 0.2) is 0 Å². The van der Waals surface area contributed by atoms with E-state index < -0.39 is 0 Å². The summed E-state index contributed by atoms with van der Waals surface area (Å²) in [5, 5.41) is 0. The zero-order valence-electron chi connectivity index (χ0n) is 9.54. The summed E-state index contributed by atoms with van der Waals surface area (Å²) in [4.78, 5) is 9.63. The Kier molecular flexibility index (Phi) is 4.61. The van der Waals surface area contributed by atoms with Crippen molar-refractivity contribution in [2.45, 2.75) is 25.3 Å². The summed E-state index contributed by atoms with van der Waals surface area (Å²) < 4.78 is 0. The maximum Gasteiger partial charge on any atom is 0.0794 e. The molecule has 2 aromatic heterocycles. The van der Waals surface area contributed by atoms with Gasteiger partial charge in [0.1, 0.15) is 0 Å². The molecule has 5 heteroatoms. The highest BCUT2D eigenvalue weighted by atomic mass is 32.1. The molecule has 0 bridgehead atoms. The maximum absolute atomic E-state index is 5.57. The molecule has 2 aromatic rings. The van der Waals surface area contributed by atoms with Gasteiger partial charge in [0.05, 0.1) is 5.51 Å². The number of nitrogens with one attached hydrogen (secondary N) is 1. The van der Waals surface area contributed by atoms with Crippen LogP contribution in [0.1, 0.15) is 17.0 Å². The number of hydrazine groups is 1. The number of aryl methyl sites for hydroxylation is 1. The summed E-state index contributed by atoms with van der Waals surface area (Å²) in [7, 11) is 0. The van der Waals surface area contributed by atoms with Crippen molar-refractivity contribution < 1.29 is 0 Å². The van der Waals surface area contributed by atoms with E-state index in [4.69, 9.17) is 5.84 Å². The van der Waals surface area contributed by atoms with Crippen LogP contribution in [0.5, 0.6) is 0 Å². The highest BCUT2D eigenvalue weighted by Gasteiger charge is 2.09. The largest absolute Gasteiger partial charge is 0.271 e. The Morgan fingerprint density at radius 2 is 2.35 bits per heavy atom. The molecule has 3 N–H and O–H groups in total. The van der Waals surface area contributed by atoms with Crippen molar-refractivity contribution in [2.24, 2.45) is 5.84 Å². The number of nitrogens with two attached hydrogens (primary N) is 1. The van der Waals surface area contributed by atoms with Gasteiger partial charge in [0.25, 0.3) is 0 Å². The molecule has 0 fully saturated rings. The van der Waals surface area contributed by atoms with Gasteiger partial charge in [-0.3, -0.25) is 21.2 Å². The number of nitrogens with zero attached hydrogens (tertiary/aromatic N) is 2. The average molecular weight is 248 g/mol. The van der Waals surface area contributed by atoms with Crippen molar-refractivity contribution >= 4 is 11.3 Å². The van der Waals surface area contributed by atoms with Gasteiger partial charge in [-0.15, -0.1) is 11.3 Å². The molecule has 1 atom stereocenters. The molecule has 0 saturated heterocycles. The zero-order valence-corrected chi connectivity index (χ0v) is 10.4. The van der Waals surface area contributed by atoms with Gasteiger partial charge >= 0.3 is 0 Å². The lowest BCUT2D eigenvalue weighted by atomic mass is 10.1. The van der Waals surface area contributed by atoms with Crippen molar-refractivity contribution in [1.82, 2.24) is 15.4 Å². The van der Waals surface area contributed by atoms with Crippen molar-refractivity contribution in [2.75, 3.05) is 0 Å². The first-order chi connectivity index (χ1) is 8.38. The van der Waals surface area contributed by atoms with E-state index in [1.54, 1.807) is 11.3 Å². The third kappa shape index (κ3) is 3.89. The van der Waals surface area contributed by atoms with Crippen molar-refractivity contribution in [3.63, 3.8) is 0 Å². The van der Waals surface area contributed by atoms with Crippen LogP contribution in [0.3, 0.4) is 0 Å². The highest BCUT2D eigenvalue weighted by molar-refractivity contribution is 7.09. The summed E-state index contributed by atoms with van der Waals surface area (Å²) in [6.07, 6.45) is 6.56. The van der Waals surface area contributed by atoms with Gasteiger partial charge in [-0.2, -0.15) is 0 Å². The minimum atomic E-state index is 0.275. The van der Waals surface area contributed by atoms with Gasteiger partial charge < -0.3 is 0 Å². The Morgan fingerprint density at radius 1 is 1.41 bits per heavy atom. The van der Waals surface area contributed by atoms with Crippen LogP contribution in [0, 0.1) is 0 Å². The van der Waals surface area contributed by atoms with E-state index in [1.165, 1.54) is 4.88 Å². The number of thiazole rings is 1. The third-order valence-electron chi connectivity index (χ3n) is 2.64. The standard InChI is InChI=1S/C12H16N4S/c13-16-11(7-12-8-14-9-17-12)5-4-10-3-1-2-6-15-10/h1-3,6,8-9,11,16H,4-5,7,13H2. The number of hydrogen-bond acceptors (Lipinski definition) is 5. The molecule has 0 saturated carbocycles. The van der Waals surface area contributed by atoms with Crippen molar-refractivity contribution in [1.29, 1.82) is 0 Å². The van der Waals surface area contributed by atoms with Gasteiger partial charge in [-0.1, -0.05) is 6.07 Å². The van der Waals surface area contributed by atoms with Gasteiger partial charge in [-0.25, -0.2) is 0 Å². The zero-order chi connectivity index (χ0) is 11.9. The molecule has 2 rings (SSSR count). The van der Waals surface area contributed by atoms with E-state index in [2.05, 4.69) is 15.4 Å². The Hall–Kier alpha value is -1.30. The monoisotopic (exact) mass is 248 g/mol. The molecule has 0 spiro atoms. The topological polar surface area (TPSA) is 63.8 Å². The second-order valence-corrected chi connectivity index (χ2v) is 4.87. The molecule has 0 aliphatic heterocycles. The second-order valence-electron chi connectivity index (χ2n) is 3.90. The lowest BCUT2D eigenvalue weighted by molar-refractivity contribution is 0.491. The first-order valence-corrected chi connectivity index (χ1v) is 6.50. The lowest BCUT2D eigenvalue weighted by Crippen LogP contribution is -2.37. The Balaban J connectivity index is 1.84. The summed E-state index contributed by atoms with van der Waals surface area (Å²) in [5.41, 5.74) is 5.82. The molecule has 90 valence electrons. The fourth-order valence-corrected chi connectivity index (χ4v) is 2.37. The summed E-state index contributed by atoms with van der Waals surface area (Å²) in [5.74, 6) is 5.57. The van der Waals surface area contributed by atoms with Crippen LogP contribution in [0.4, 0.5) is 0 Å². The van der Waals surface area contributed by atoms with Crippen LogP contribution >= 0.6 is 11.3 Å². The molecule has 2 heterocycles.